The van der Waals surface area contributed by atoms with Gasteiger partial charge < -0.3 is 10.6 Å². The molecule has 0 bridgehead atoms. The number of unbranched alkanes of at least 4 members (excludes halogenated alkanes) is 1. The normalized spacial score (nSPS) is 14.7. The summed E-state index contributed by atoms with van der Waals surface area (Å²) in [6.45, 7) is 6.40. The van der Waals surface area contributed by atoms with Gasteiger partial charge in [-0.2, -0.15) is 0 Å². The van der Waals surface area contributed by atoms with Crippen LogP contribution in [-0.4, -0.2) is 33.5 Å². The predicted molar refractivity (Wildman–Crippen MR) is 113 cm³/mol. The van der Waals surface area contributed by atoms with Gasteiger partial charge in [0.15, 0.2) is 5.96 Å². The predicted octanol–water partition coefficient (Wildman–Crippen LogP) is 2.60. The minimum absolute atomic E-state index is 0. The number of nitrogens with one attached hydrogen (secondary N) is 3. The van der Waals surface area contributed by atoms with Crippen molar-refractivity contribution in [2.75, 3.05) is 13.1 Å². The smallest absolute Gasteiger partial charge is 0.240 e. The first kappa shape index (κ1) is 22.2. The molecule has 0 atom stereocenters. The molecule has 3 N–H and O–H groups in total. The van der Waals surface area contributed by atoms with Crippen molar-refractivity contribution >= 4 is 40.0 Å². The average molecular weight is 480 g/mol. The third-order valence-electron chi connectivity index (χ3n) is 3.72. The van der Waals surface area contributed by atoms with Gasteiger partial charge in [-0.3, -0.25) is 0 Å². The van der Waals surface area contributed by atoms with Crippen LogP contribution in [0, 0.1) is 0 Å². The van der Waals surface area contributed by atoms with E-state index in [2.05, 4.69) is 27.3 Å². The Morgan fingerprint density at radius 3 is 2.40 bits per heavy atom. The molecule has 1 aromatic rings. The lowest BCUT2D eigenvalue weighted by Gasteiger charge is -2.11. The summed E-state index contributed by atoms with van der Waals surface area (Å²) in [4.78, 5) is 4.85. The second-order valence-electron chi connectivity index (χ2n) is 6.02. The number of halogens is 1. The lowest BCUT2D eigenvalue weighted by atomic mass is 10.2. The van der Waals surface area contributed by atoms with E-state index in [0.717, 1.165) is 50.3 Å². The van der Waals surface area contributed by atoms with Gasteiger partial charge in [0.1, 0.15) is 0 Å². The topological polar surface area (TPSA) is 82.6 Å². The highest BCUT2D eigenvalue weighted by Crippen LogP contribution is 2.22. The van der Waals surface area contributed by atoms with E-state index in [0.29, 0.717) is 11.4 Å². The van der Waals surface area contributed by atoms with E-state index in [9.17, 15) is 8.42 Å². The third kappa shape index (κ3) is 7.91. The van der Waals surface area contributed by atoms with E-state index < -0.39 is 10.0 Å². The maximum Gasteiger partial charge on any atom is 0.240 e. The molecule has 1 fully saturated rings. The van der Waals surface area contributed by atoms with E-state index in [1.165, 1.54) is 0 Å². The summed E-state index contributed by atoms with van der Waals surface area (Å²) in [6, 6.07) is 7.05. The van der Waals surface area contributed by atoms with E-state index in [1.54, 1.807) is 12.1 Å². The summed E-state index contributed by atoms with van der Waals surface area (Å²) >= 11 is 0. The van der Waals surface area contributed by atoms with Crippen molar-refractivity contribution in [2.45, 2.75) is 57.0 Å². The molecule has 0 saturated heterocycles. The van der Waals surface area contributed by atoms with E-state index in [-0.39, 0.29) is 30.0 Å². The van der Waals surface area contributed by atoms with Crippen LogP contribution in [0.5, 0.6) is 0 Å². The van der Waals surface area contributed by atoms with Crippen LogP contribution >= 0.6 is 24.0 Å². The standard InChI is InChI=1S/C17H28N4O2S.HI/c1-3-5-12-19-17(18-4-2)20-13-14-6-10-16(11-7-14)24(22,23)21-15-8-9-15;/h6-7,10-11,15,21H,3-5,8-9,12-13H2,1-2H3,(H2,18,19,20);1H. The molecular weight excluding hydrogens is 451 g/mol. The number of sulfonamides is 1. The van der Waals surface area contributed by atoms with Crippen molar-refractivity contribution in [1.82, 2.24) is 15.4 Å². The Balaban J connectivity index is 0.00000312. The fourth-order valence-electron chi connectivity index (χ4n) is 2.16. The van der Waals surface area contributed by atoms with Crippen LogP contribution in [0.15, 0.2) is 34.2 Å². The maximum absolute atomic E-state index is 12.1. The Morgan fingerprint density at radius 1 is 1.16 bits per heavy atom. The number of hydrogen-bond acceptors (Lipinski definition) is 3. The summed E-state index contributed by atoms with van der Waals surface area (Å²) in [5.41, 5.74) is 0.980. The summed E-state index contributed by atoms with van der Waals surface area (Å²) in [5.74, 6) is 0.790. The van der Waals surface area contributed by atoms with Gasteiger partial charge in [-0.05, 0) is 43.9 Å². The summed E-state index contributed by atoms with van der Waals surface area (Å²) in [7, 11) is -3.38. The van der Waals surface area contributed by atoms with Crippen molar-refractivity contribution in [3.8, 4) is 0 Å². The van der Waals surface area contributed by atoms with Gasteiger partial charge in [0.25, 0.3) is 0 Å². The summed E-state index contributed by atoms with van der Waals surface area (Å²) in [5, 5.41) is 6.50. The Labute approximate surface area is 168 Å². The van der Waals surface area contributed by atoms with Crippen LogP contribution in [0.2, 0.25) is 0 Å². The summed E-state index contributed by atoms with van der Waals surface area (Å²) in [6.07, 6.45) is 4.11. The minimum Gasteiger partial charge on any atom is -0.357 e. The van der Waals surface area contributed by atoms with Crippen molar-refractivity contribution in [3.05, 3.63) is 29.8 Å². The Bertz CT molecular complexity index is 643. The molecule has 142 valence electrons. The Morgan fingerprint density at radius 2 is 1.84 bits per heavy atom. The first-order valence-corrected chi connectivity index (χ1v) is 10.2. The molecule has 0 spiro atoms. The molecule has 0 amide bonds. The molecule has 8 heteroatoms. The zero-order valence-corrected chi connectivity index (χ0v) is 18.1. The zero-order valence-electron chi connectivity index (χ0n) is 14.9. The van der Waals surface area contributed by atoms with Crippen LogP contribution < -0.4 is 15.4 Å². The van der Waals surface area contributed by atoms with E-state index >= 15 is 0 Å². The highest BCUT2D eigenvalue weighted by atomic mass is 127. The van der Waals surface area contributed by atoms with Gasteiger partial charge in [0.05, 0.1) is 11.4 Å². The molecule has 25 heavy (non-hydrogen) atoms. The molecule has 0 aliphatic heterocycles. The maximum atomic E-state index is 12.1. The fourth-order valence-corrected chi connectivity index (χ4v) is 3.46. The van der Waals surface area contributed by atoms with Gasteiger partial charge in [0, 0.05) is 19.1 Å². The fraction of sp³-hybridized carbons (Fsp3) is 0.588. The van der Waals surface area contributed by atoms with Crippen LogP contribution in [0.4, 0.5) is 0 Å². The lowest BCUT2D eigenvalue weighted by Crippen LogP contribution is -2.37. The molecule has 1 aliphatic carbocycles. The highest BCUT2D eigenvalue weighted by Gasteiger charge is 2.27. The Hall–Kier alpha value is -0.870. The third-order valence-corrected chi connectivity index (χ3v) is 5.26. The molecule has 1 aliphatic rings. The van der Waals surface area contributed by atoms with Crippen LogP contribution in [-0.2, 0) is 16.6 Å². The SMILES string of the molecule is CCCCNC(=NCc1ccc(S(=O)(=O)NC2CC2)cc1)NCC.I. The highest BCUT2D eigenvalue weighted by molar-refractivity contribution is 14.0. The van der Waals surface area contributed by atoms with Crippen molar-refractivity contribution in [2.24, 2.45) is 4.99 Å². The molecule has 0 heterocycles. The largest absolute Gasteiger partial charge is 0.357 e. The van der Waals surface area contributed by atoms with Crippen LogP contribution in [0.1, 0.15) is 45.1 Å². The van der Waals surface area contributed by atoms with Gasteiger partial charge in [-0.25, -0.2) is 18.1 Å². The van der Waals surface area contributed by atoms with Crippen LogP contribution in [0.25, 0.3) is 0 Å². The molecule has 2 rings (SSSR count). The van der Waals surface area contributed by atoms with E-state index in [4.69, 9.17) is 0 Å². The number of rotatable bonds is 9. The zero-order chi connectivity index (χ0) is 17.4. The number of benzene rings is 1. The minimum atomic E-state index is -3.38. The lowest BCUT2D eigenvalue weighted by molar-refractivity contribution is 0.581. The first-order valence-electron chi connectivity index (χ1n) is 8.68. The number of nitrogens with zero attached hydrogens (tertiary/aromatic N) is 1. The van der Waals surface area contributed by atoms with Gasteiger partial charge in [0.2, 0.25) is 10.0 Å². The second kappa shape index (κ2) is 11.0. The Kier molecular flexibility index (Phi) is 9.73. The molecule has 1 aromatic carbocycles. The second-order valence-corrected chi connectivity index (χ2v) is 7.73. The molecular formula is C17H29IN4O2S. The molecule has 0 aromatic heterocycles. The molecule has 0 unspecified atom stereocenters. The molecule has 0 radical (unpaired) electrons. The van der Waals surface area contributed by atoms with Crippen molar-refractivity contribution in [3.63, 3.8) is 0 Å². The quantitative estimate of drug-likeness (QED) is 0.220. The number of aliphatic imine (C=N–C) groups is 1. The van der Waals surface area contributed by atoms with Crippen LogP contribution in [0.3, 0.4) is 0 Å². The van der Waals surface area contributed by atoms with Crippen molar-refractivity contribution < 1.29 is 8.42 Å². The number of guanidine groups is 1. The number of hydrogen-bond donors (Lipinski definition) is 3. The van der Waals surface area contributed by atoms with Gasteiger partial charge >= 0.3 is 0 Å². The average Bonchev–Trinajstić information content (AvgIpc) is 3.36. The van der Waals surface area contributed by atoms with Gasteiger partial charge in [-0.1, -0.05) is 25.5 Å². The van der Waals surface area contributed by atoms with Gasteiger partial charge in [-0.15, -0.1) is 24.0 Å². The summed E-state index contributed by atoms with van der Waals surface area (Å²) < 4.78 is 27.0. The first-order chi connectivity index (χ1) is 11.5. The monoisotopic (exact) mass is 480 g/mol. The van der Waals surface area contributed by atoms with Crippen molar-refractivity contribution in [1.29, 1.82) is 0 Å². The molecule has 6 nitrogen and oxygen atoms in total. The molecule has 1 saturated carbocycles. The van der Waals surface area contributed by atoms with E-state index in [1.807, 2.05) is 19.1 Å².